The van der Waals surface area contributed by atoms with Gasteiger partial charge in [0, 0.05) is 45.3 Å². The summed E-state index contributed by atoms with van der Waals surface area (Å²) >= 11 is 6.12. The van der Waals surface area contributed by atoms with Crippen molar-refractivity contribution in [3.63, 3.8) is 0 Å². The number of sulfonamides is 1. The lowest BCUT2D eigenvalue weighted by Crippen LogP contribution is -2.47. The second-order valence-corrected chi connectivity index (χ2v) is 10.1. The fourth-order valence-electron chi connectivity index (χ4n) is 3.53. The molecule has 0 radical (unpaired) electrons. The van der Waals surface area contributed by atoms with E-state index in [-0.39, 0.29) is 27.4 Å². The summed E-state index contributed by atoms with van der Waals surface area (Å²) in [5.41, 5.74) is 1.19. The van der Waals surface area contributed by atoms with Crippen LogP contribution in [0.2, 0.25) is 5.02 Å². The van der Waals surface area contributed by atoms with Crippen molar-refractivity contribution in [2.45, 2.75) is 10.9 Å². The summed E-state index contributed by atoms with van der Waals surface area (Å²) < 4.78 is 26.0. The summed E-state index contributed by atoms with van der Waals surface area (Å²) in [6.07, 6.45) is 0. The maximum atomic E-state index is 13.1. The Morgan fingerprint density at radius 1 is 1.16 bits per heavy atom. The molecule has 1 aliphatic heterocycles. The number of piperazine rings is 1. The lowest BCUT2D eigenvalue weighted by atomic mass is 10.0. The molecule has 3 rings (SSSR count). The number of rotatable bonds is 8. The van der Waals surface area contributed by atoms with E-state index in [0.29, 0.717) is 11.0 Å². The van der Waals surface area contributed by atoms with E-state index in [1.807, 2.05) is 30.3 Å². The highest BCUT2D eigenvalue weighted by Gasteiger charge is 2.26. The van der Waals surface area contributed by atoms with Crippen LogP contribution < -0.4 is 5.32 Å². The highest BCUT2D eigenvalue weighted by molar-refractivity contribution is 7.89. The minimum absolute atomic E-state index is 0.0162. The molecule has 1 aliphatic rings. The summed E-state index contributed by atoms with van der Waals surface area (Å²) in [4.78, 5) is 22.4. The second-order valence-electron chi connectivity index (χ2n) is 7.78. The Bertz CT molecular complexity index is 1030. The average molecular weight is 481 g/mol. The predicted octanol–water partition coefficient (Wildman–Crippen LogP) is 2.24. The van der Waals surface area contributed by atoms with Gasteiger partial charge in [0.25, 0.3) is 15.9 Å². The van der Waals surface area contributed by atoms with Crippen molar-refractivity contribution in [1.82, 2.24) is 19.6 Å². The van der Waals surface area contributed by atoms with E-state index in [2.05, 4.69) is 22.2 Å². The SMILES string of the molecule is CON(C)S(=O)(=O)c1cc(C(=O)NC(CN2CCN(C)CC2)c2ccccc2)ccc1Cl. The zero-order chi connectivity index (χ0) is 23.3. The number of nitrogens with one attached hydrogen (secondary N) is 1. The van der Waals surface area contributed by atoms with Gasteiger partial charge in [0.2, 0.25) is 0 Å². The van der Waals surface area contributed by atoms with Crippen LogP contribution in [0.1, 0.15) is 22.0 Å². The van der Waals surface area contributed by atoms with Crippen LogP contribution in [0.3, 0.4) is 0 Å². The van der Waals surface area contributed by atoms with Crippen LogP contribution in [0.5, 0.6) is 0 Å². The molecule has 0 spiro atoms. The molecule has 2 aromatic rings. The molecular formula is C22H29ClN4O4S. The second kappa shape index (κ2) is 10.7. The summed E-state index contributed by atoms with van der Waals surface area (Å²) in [7, 11) is 0.605. The van der Waals surface area contributed by atoms with Crippen LogP contribution in [-0.4, -0.2) is 82.5 Å². The zero-order valence-corrected chi connectivity index (χ0v) is 20.1. The first-order chi connectivity index (χ1) is 15.2. The van der Waals surface area contributed by atoms with Crippen molar-refractivity contribution in [2.24, 2.45) is 0 Å². The van der Waals surface area contributed by atoms with Crippen molar-refractivity contribution in [3.05, 3.63) is 64.7 Å². The van der Waals surface area contributed by atoms with Gasteiger partial charge in [-0.05, 0) is 30.8 Å². The molecular weight excluding hydrogens is 452 g/mol. The summed E-state index contributed by atoms with van der Waals surface area (Å²) in [5.74, 6) is -0.374. The number of halogens is 1. The highest BCUT2D eigenvalue weighted by Crippen LogP contribution is 2.26. The molecule has 0 bridgehead atoms. The number of carbonyl (C=O) groups excluding carboxylic acids is 1. The third-order valence-electron chi connectivity index (χ3n) is 5.61. The molecule has 1 fully saturated rings. The number of amides is 1. The molecule has 2 aromatic carbocycles. The van der Waals surface area contributed by atoms with Crippen LogP contribution in [0.15, 0.2) is 53.4 Å². The number of nitrogens with zero attached hydrogens (tertiary/aromatic N) is 3. The number of hydroxylamine groups is 1. The largest absolute Gasteiger partial charge is 0.344 e. The normalized spacial score (nSPS) is 16.8. The fraction of sp³-hybridized carbons (Fsp3) is 0.409. The molecule has 1 heterocycles. The van der Waals surface area contributed by atoms with E-state index in [1.165, 1.54) is 32.4 Å². The van der Waals surface area contributed by atoms with Crippen LogP contribution in [0.4, 0.5) is 0 Å². The molecule has 1 atom stereocenters. The molecule has 0 saturated carbocycles. The summed E-state index contributed by atoms with van der Waals surface area (Å²) in [6, 6.07) is 13.7. The van der Waals surface area contributed by atoms with E-state index in [4.69, 9.17) is 16.4 Å². The minimum Gasteiger partial charge on any atom is -0.344 e. The van der Waals surface area contributed by atoms with Crippen molar-refractivity contribution < 1.29 is 18.0 Å². The topological polar surface area (TPSA) is 82.2 Å². The maximum absolute atomic E-state index is 13.1. The fourth-order valence-corrected chi connectivity index (χ4v) is 5.00. The molecule has 32 heavy (non-hydrogen) atoms. The smallest absolute Gasteiger partial charge is 0.266 e. The monoisotopic (exact) mass is 480 g/mol. The molecule has 0 aromatic heterocycles. The molecule has 1 unspecified atom stereocenters. The van der Waals surface area contributed by atoms with E-state index in [1.54, 1.807) is 0 Å². The zero-order valence-electron chi connectivity index (χ0n) is 18.5. The maximum Gasteiger partial charge on any atom is 0.266 e. The average Bonchev–Trinajstić information content (AvgIpc) is 2.80. The van der Waals surface area contributed by atoms with Crippen molar-refractivity contribution in [3.8, 4) is 0 Å². The first kappa shape index (κ1) is 24.6. The van der Waals surface area contributed by atoms with Crippen LogP contribution >= 0.6 is 11.6 Å². The Morgan fingerprint density at radius 2 is 1.81 bits per heavy atom. The van der Waals surface area contributed by atoms with Gasteiger partial charge < -0.3 is 10.2 Å². The lowest BCUT2D eigenvalue weighted by molar-refractivity contribution is -0.0258. The molecule has 1 saturated heterocycles. The van der Waals surface area contributed by atoms with E-state index in [9.17, 15) is 13.2 Å². The van der Waals surface area contributed by atoms with Gasteiger partial charge in [0.15, 0.2) is 0 Å². The Morgan fingerprint density at radius 3 is 2.44 bits per heavy atom. The van der Waals surface area contributed by atoms with Gasteiger partial charge in [0.05, 0.1) is 18.2 Å². The number of benzene rings is 2. The Labute approximate surface area is 194 Å². The Kier molecular flexibility index (Phi) is 8.26. The first-order valence-electron chi connectivity index (χ1n) is 10.3. The third kappa shape index (κ3) is 5.86. The Hall–Kier alpha value is -2.01. The van der Waals surface area contributed by atoms with Gasteiger partial charge in [-0.15, -0.1) is 0 Å². The number of hydrogen-bond acceptors (Lipinski definition) is 6. The van der Waals surface area contributed by atoms with Crippen LogP contribution in [0, 0.1) is 0 Å². The third-order valence-corrected chi connectivity index (χ3v) is 7.77. The van der Waals surface area contributed by atoms with Crippen LogP contribution in [0.25, 0.3) is 0 Å². The first-order valence-corrected chi connectivity index (χ1v) is 12.1. The number of carbonyl (C=O) groups is 1. The quantitative estimate of drug-likeness (QED) is 0.583. The van der Waals surface area contributed by atoms with Gasteiger partial charge in [-0.3, -0.25) is 14.5 Å². The molecule has 8 nitrogen and oxygen atoms in total. The molecule has 1 N–H and O–H groups in total. The molecule has 1 amide bonds. The van der Waals surface area contributed by atoms with Crippen molar-refractivity contribution in [2.75, 3.05) is 53.9 Å². The number of likely N-dealkylation sites (N-methyl/N-ethyl adjacent to an activating group) is 1. The standard InChI is InChI=1S/C22H29ClN4O4S/c1-25-11-13-27(14-12-25)16-20(17-7-5-4-6-8-17)24-22(28)18-9-10-19(23)21(15-18)32(29,30)26(2)31-3/h4-10,15,20H,11-14,16H2,1-3H3,(H,24,28). The summed E-state index contributed by atoms with van der Waals surface area (Å²) in [5, 5.41) is 3.09. The van der Waals surface area contributed by atoms with Crippen LogP contribution in [-0.2, 0) is 14.9 Å². The van der Waals surface area contributed by atoms with Crippen molar-refractivity contribution >= 4 is 27.5 Å². The number of hydrogen-bond donors (Lipinski definition) is 1. The molecule has 0 aliphatic carbocycles. The van der Waals surface area contributed by atoms with Gasteiger partial charge in [0.1, 0.15) is 4.90 Å². The van der Waals surface area contributed by atoms with Crippen molar-refractivity contribution in [1.29, 1.82) is 0 Å². The minimum atomic E-state index is -4.00. The van der Waals surface area contributed by atoms with Gasteiger partial charge in [-0.2, -0.15) is 0 Å². The van der Waals surface area contributed by atoms with Gasteiger partial charge in [-0.1, -0.05) is 46.4 Å². The van der Waals surface area contributed by atoms with E-state index in [0.717, 1.165) is 31.7 Å². The predicted molar refractivity (Wildman–Crippen MR) is 124 cm³/mol. The van der Waals surface area contributed by atoms with E-state index < -0.39 is 10.0 Å². The van der Waals surface area contributed by atoms with E-state index >= 15 is 0 Å². The Balaban J connectivity index is 1.84. The van der Waals surface area contributed by atoms with Gasteiger partial charge >= 0.3 is 0 Å². The highest BCUT2D eigenvalue weighted by atomic mass is 35.5. The molecule has 174 valence electrons. The summed E-state index contributed by atoms with van der Waals surface area (Å²) in [6.45, 7) is 4.45. The molecule has 10 heteroatoms. The van der Waals surface area contributed by atoms with Gasteiger partial charge in [-0.25, -0.2) is 8.42 Å². The lowest BCUT2D eigenvalue weighted by Gasteiger charge is -2.35.